The van der Waals surface area contributed by atoms with Crippen LogP contribution in [0.3, 0.4) is 0 Å². The fourth-order valence-electron chi connectivity index (χ4n) is 2.20. The van der Waals surface area contributed by atoms with E-state index in [1.807, 2.05) is 38.1 Å². The Labute approximate surface area is 120 Å². The SMILES string of the molecule is CC(C)c1ccc(C(O)C(NCC(=O)O)C(C)C)cc1. The molecule has 1 aromatic carbocycles. The third kappa shape index (κ3) is 4.62. The summed E-state index contributed by atoms with van der Waals surface area (Å²) in [4.78, 5) is 10.7. The third-order valence-electron chi connectivity index (χ3n) is 3.49. The van der Waals surface area contributed by atoms with Crippen molar-refractivity contribution >= 4 is 5.97 Å². The summed E-state index contributed by atoms with van der Waals surface area (Å²) in [5, 5.41) is 22.1. The Morgan fingerprint density at radius 2 is 1.60 bits per heavy atom. The molecule has 0 spiro atoms. The molecule has 0 aromatic heterocycles. The van der Waals surface area contributed by atoms with Gasteiger partial charge in [-0.25, -0.2) is 0 Å². The fraction of sp³-hybridized carbons (Fsp3) is 0.562. The Morgan fingerprint density at radius 1 is 1.10 bits per heavy atom. The zero-order chi connectivity index (χ0) is 15.3. The van der Waals surface area contributed by atoms with E-state index in [-0.39, 0.29) is 18.5 Å². The van der Waals surface area contributed by atoms with Crippen LogP contribution in [0, 0.1) is 5.92 Å². The summed E-state index contributed by atoms with van der Waals surface area (Å²) in [6, 6.07) is 7.57. The number of carbonyl (C=O) groups is 1. The Bertz CT molecular complexity index is 426. The largest absolute Gasteiger partial charge is 0.480 e. The molecule has 0 radical (unpaired) electrons. The van der Waals surface area contributed by atoms with E-state index in [1.54, 1.807) is 0 Å². The molecule has 0 aliphatic carbocycles. The molecule has 2 unspecified atom stereocenters. The molecule has 20 heavy (non-hydrogen) atoms. The van der Waals surface area contributed by atoms with Crippen molar-refractivity contribution in [3.05, 3.63) is 35.4 Å². The quantitative estimate of drug-likeness (QED) is 0.717. The average Bonchev–Trinajstić information content (AvgIpc) is 2.38. The van der Waals surface area contributed by atoms with Crippen LogP contribution in [0.1, 0.15) is 50.8 Å². The number of aliphatic hydroxyl groups excluding tert-OH is 1. The summed E-state index contributed by atoms with van der Waals surface area (Å²) in [6.07, 6.45) is -0.712. The normalized spacial score (nSPS) is 14.6. The maximum atomic E-state index is 10.7. The number of carboxylic acids is 1. The van der Waals surface area contributed by atoms with E-state index in [0.717, 1.165) is 5.56 Å². The summed E-state index contributed by atoms with van der Waals surface area (Å²) in [5.74, 6) is -0.334. The second-order valence-corrected chi connectivity index (χ2v) is 5.81. The van der Waals surface area contributed by atoms with E-state index in [2.05, 4.69) is 19.2 Å². The predicted molar refractivity (Wildman–Crippen MR) is 79.8 cm³/mol. The Morgan fingerprint density at radius 3 is 2.00 bits per heavy atom. The molecule has 1 aromatic rings. The van der Waals surface area contributed by atoms with Gasteiger partial charge in [-0.1, -0.05) is 52.0 Å². The van der Waals surface area contributed by atoms with Gasteiger partial charge in [0.15, 0.2) is 0 Å². The lowest BCUT2D eigenvalue weighted by Crippen LogP contribution is -2.41. The standard InChI is InChI=1S/C16H25NO3/c1-10(2)12-5-7-13(8-6-12)16(20)15(11(3)4)17-9-14(18)19/h5-8,10-11,15-17,20H,9H2,1-4H3,(H,18,19). The van der Waals surface area contributed by atoms with Crippen LogP contribution >= 0.6 is 0 Å². The van der Waals surface area contributed by atoms with Gasteiger partial charge in [-0.15, -0.1) is 0 Å². The van der Waals surface area contributed by atoms with Crippen molar-refractivity contribution in [3.63, 3.8) is 0 Å². The maximum Gasteiger partial charge on any atom is 0.317 e. The first-order chi connectivity index (χ1) is 9.32. The van der Waals surface area contributed by atoms with Gasteiger partial charge in [0.2, 0.25) is 0 Å². The molecular weight excluding hydrogens is 254 g/mol. The van der Waals surface area contributed by atoms with Gasteiger partial charge in [0.25, 0.3) is 0 Å². The molecule has 0 aliphatic rings. The van der Waals surface area contributed by atoms with Crippen molar-refractivity contribution in [2.24, 2.45) is 5.92 Å². The van der Waals surface area contributed by atoms with Crippen molar-refractivity contribution in [1.82, 2.24) is 5.32 Å². The highest BCUT2D eigenvalue weighted by molar-refractivity contribution is 5.69. The Hall–Kier alpha value is -1.39. The number of hydrogen-bond acceptors (Lipinski definition) is 3. The molecule has 0 heterocycles. The number of hydrogen-bond donors (Lipinski definition) is 3. The van der Waals surface area contributed by atoms with Gasteiger partial charge in [0.1, 0.15) is 0 Å². The van der Waals surface area contributed by atoms with Gasteiger partial charge in [-0.2, -0.15) is 0 Å². The van der Waals surface area contributed by atoms with Gasteiger partial charge in [0.05, 0.1) is 12.6 Å². The molecule has 1 rings (SSSR count). The predicted octanol–water partition coefficient (Wildman–Crippen LogP) is 2.54. The van der Waals surface area contributed by atoms with Crippen LogP contribution < -0.4 is 5.32 Å². The van der Waals surface area contributed by atoms with Gasteiger partial charge in [-0.3, -0.25) is 4.79 Å². The highest BCUT2D eigenvalue weighted by atomic mass is 16.4. The second kappa shape index (κ2) is 7.41. The molecule has 3 N–H and O–H groups in total. The summed E-state index contributed by atoms with van der Waals surface area (Å²) < 4.78 is 0. The van der Waals surface area contributed by atoms with Gasteiger partial charge < -0.3 is 15.5 Å². The van der Waals surface area contributed by atoms with Crippen LogP contribution in [0.2, 0.25) is 0 Å². The van der Waals surface area contributed by atoms with Crippen LogP contribution in [0.15, 0.2) is 24.3 Å². The summed E-state index contributed by atoms with van der Waals surface area (Å²) in [5.41, 5.74) is 2.03. The minimum Gasteiger partial charge on any atom is -0.480 e. The molecule has 0 bridgehead atoms. The third-order valence-corrected chi connectivity index (χ3v) is 3.49. The van der Waals surface area contributed by atoms with E-state index >= 15 is 0 Å². The molecule has 2 atom stereocenters. The van der Waals surface area contributed by atoms with Crippen LogP contribution in [0.5, 0.6) is 0 Å². The molecular formula is C16H25NO3. The van der Waals surface area contributed by atoms with E-state index in [0.29, 0.717) is 5.92 Å². The highest BCUT2D eigenvalue weighted by Gasteiger charge is 2.24. The van der Waals surface area contributed by atoms with Crippen LogP contribution in [0.4, 0.5) is 0 Å². The number of aliphatic hydroxyl groups is 1. The first-order valence-electron chi connectivity index (χ1n) is 7.06. The highest BCUT2D eigenvalue weighted by Crippen LogP contribution is 2.24. The van der Waals surface area contributed by atoms with Crippen LogP contribution in [0.25, 0.3) is 0 Å². The number of nitrogens with one attached hydrogen (secondary N) is 1. The molecule has 0 aliphatic heterocycles. The fourth-order valence-corrected chi connectivity index (χ4v) is 2.20. The summed E-state index contributed by atoms with van der Waals surface area (Å²) in [6.45, 7) is 8.02. The van der Waals surface area contributed by atoms with Crippen molar-refractivity contribution in [2.75, 3.05) is 6.54 Å². The minimum absolute atomic E-state index is 0.133. The first kappa shape index (κ1) is 16.7. The molecule has 112 valence electrons. The van der Waals surface area contributed by atoms with Gasteiger partial charge in [0, 0.05) is 6.04 Å². The first-order valence-corrected chi connectivity index (χ1v) is 7.06. The number of benzene rings is 1. The molecule has 0 fully saturated rings. The Kier molecular flexibility index (Phi) is 6.17. The minimum atomic E-state index is -0.919. The smallest absolute Gasteiger partial charge is 0.317 e. The molecule has 0 saturated heterocycles. The van der Waals surface area contributed by atoms with Gasteiger partial charge >= 0.3 is 5.97 Å². The molecule has 0 saturated carbocycles. The Balaban J connectivity index is 2.82. The number of rotatable bonds is 7. The lowest BCUT2D eigenvalue weighted by molar-refractivity contribution is -0.136. The van der Waals surface area contributed by atoms with Gasteiger partial charge in [-0.05, 0) is 23.0 Å². The number of aliphatic carboxylic acids is 1. The summed E-state index contributed by atoms with van der Waals surface area (Å²) >= 11 is 0. The molecule has 4 nitrogen and oxygen atoms in total. The lowest BCUT2D eigenvalue weighted by atomic mass is 9.92. The van der Waals surface area contributed by atoms with E-state index in [4.69, 9.17) is 5.11 Å². The topological polar surface area (TPSA) is 69.6 Å². The van der Waals surface area contributed by atoms with E-state index in [9.17, 15) is 9.90 Å². The van der Waals surface area contributed by atoms with Crippen LogP contribution in [-0.4, -0.2) is 28.8 Å². The van der Waals surface area contributed by atoms with E-state index < -0.39 is 12.1 Å². The van der Waals surface area contributed by atoms with Crippen LogP contribution in [-0.2, 0) is 4.79 Å². The average molecular weight is 279 g/mol. The van der Waals surface area contributed by atoms with E-state index in [1.165, 1.54) is 5.56 Å². The van der Waals surface area contributed by atoms with Crippen molar-refractivity contribution in [1.29, 1.82) is 0 Å². The zero-order valence-corrected chi connectivity index (χ0v) is 12.6. The maximum absolute atomic E-state index is 10.7. The monoisotopic (exact) mass is 279 g/mol. The second-order valence-electron chi connectivity index (χ2n) is 5.81. The molecule has 4 heteroatoms. The number of carboxylic acid groups (broad SMARTS) is 1. The summed E-state index contributed by atoms with van der Waals surface area (Å²) in [7, 11) is 0. The zero-order valence-electron chi connectivity index (χ0n) is 12.6. The molecule has 0 amide bonds. The lowest BCUT2D eigenvalue weighted by Gasteiger charge is -2.27. The van der Waals surface area contributed by atoms with Crippen molar-refractivity contribution < 1.29 is 15.0 Å². The van der Waals surface area contributed by atoms with Crippen molar-refractivity contribution in [3.8, 4) is 0 Å². The van der Waals surface area contributed by atoms with Crippen molar-refractivity contribution in [2.45, 2.75) is 45.8 Å².